The summed E-state index contributed by atoms with van der Waals surface area (Å²) in [6.07, 6.45) is 3.73. The molecule has 0 saturated carbocycles. The van der Waals surface area contributed by atoms with E-state index in [2.05, 4.69) is 10.9 Å². The van der Waals surface area contributed by atoms with Crippen LogP contribution < -0.4 is 9.64 Å². The van der Waals surface area contributed by atoms with Gasteiger partial charge in [0.15, 0.2) is 5.82 Å². The average Bonchev–Trinajstić information content (AvgIpc) is 3.73. The average molecular weight is 751 g/mol. The van der Waals surface area contributed by atoms with Crippen LogP contribution in [-0.2, 0) is 4.79 Å². The van der Waals surface area contributed by atoms with Gasteiger partial charge in [-0.05, 0) is 75.7 Å². The molecule has 1 N–H and O–H groups in total. The molecule has 4 aliphatic heterocycles. The molecular formula is C39H36F6N6O3. The summed E-state index contributed by atoms with van der Waals surface area (Å²) < 4.78 is 94.2. The summed E-state index contributed by atoms with van der Waals surface area (Å²) in [4.78, 5) is 31.1. The number of nitrogens with zero attached hydrogens (tertiary/aromatic N) is 6. The van der Waals surface area contributed by atoms with Crippen molar-refractivity contribution in [3.8, 4) is 35.4 Å². The molecule has 9 nitrogen and oxygen atoms in total. The Labute approximate surface area is 306 Å². The van der Waals surface area contributed by atoms with Gasteiger partial charge in [0, 0.05) is 37.0 Å². The lowest BCUT2D eigenvalue weighted by Gasteiger charge is -2.42. The number of benzene rings is 2. The van der Waals surface area contributed by atoms with Crippen molar-refractivity contribution in [2.24, 2.45) is 0 Å². The van der Waals surface area contributed by atoms with Crippen LogP contribution in [0, 0.1) is 24.0 Å². The summed E-state index contributed by atoms with van der Waals surface area (Å²) in [5.41, 5.74) is -0.384. The number of amides is 1. The number of pyridine rings is 1. The number of hydrogen-bond donors (Lipinski definition) is 1. The van der Waals surface area contributed by atoms with E-state index in [1.165, 1.54) is 18.2 Å². The Morgan fingerprint density at radius 2 is 1.83 bits per heavy atom. The highest BCUT2D eigenvalue weighted by atomic mass is 19.4. The largest absolute Gasteiger partial charge is 0.508 e. The predicted octanol–water partition coefficient (Wildman–Crippen LogP) is 6.93. The predicted molar refractivity (Wildman–Crippen MR) is 190 cm³/mol. The molecule has 4 saturated heterocycles. The van der Waals surface area contributed by atoms with E-state index >= 15 is 8.78 Å². The summed E-state index contributed by atoms with van der Waals surface area (Å²) in [6.45, 7) is 4.49. The first-order chi connectivity index (χ1) is 25.7. The first-order valence-electron chi connectivity index (χ1n) is 17.8. The van der Waals surface area contributed by atoms with Gasteiger partial charge in [-0.25, -0.2) is 18.2 Å². The van der Waals surface area contributed by atoms with Gasteiger partial charge in [0.1, 0.15) is 41.4 Å². The molecule has 54 heavy (non-hydrogen) atoms. The molecule has 2 bridgehead atoms. The molecule has 1 amide bonds. The highest BCUT2D eigenvalue weighted by molar-refractivity contribution is 6.04. The summed E-state index contributed by atoms with van der Waals surface area (Å²) in [6, 6.07) is 3.34. The second kappa shape index (κ2) is 13.0. The molecule has 2 aromatic carbocycles. The van der Waals surface area contributed by atoms with E-state index in [1.54, 1.807) is 24.8 Å². The number of allylic oxidation sites excluding steroid dienone is 1. The molecule has 8 rings (SSSR count). The van der Waals surface area contributed by atoms with Gasteiger partial charge in [-0.15, -0.1) is 6.42 Å². The molecule has 2 aromatic heterocycles. The maximum absolute atomic E-state index is 17.4. The van der Waals surface area contributed by atoms with Crippen molar-refractivity contribution >= 4 is 39.5 Å². The smallest absolute Gasteiger partial charge is 0.471 e. The number of anilines is 1. The molecule has 4 aliphatic rings. The minimum atomic E-state index is -5.05. The van der Waals surface area contributed by atoms with Gasteiger partial charge in [0.2, 0.25) is 0 Å². The van der Waals surface area contributed by atoms with Crippen molar-refractivity contribution in [2.45, 2.75) is 75.9 Å². The summed E-state index contributed by atoms with van der Waals surface area (Å²) >= 11 is 0. The molecule has 0 spiro atoms. The van der Waals surface area contributed by atoms with Gasteiger partial charge in [-0.3, -0.25) is 9.69 Å². The highest BCUT2D eigenvalue weighted by Gasteiger charge is 2.52. The lowest BCUT2D eigenvalue weighted by atomic mass is 9.95. The molecule has 0 aliphatic carbocycles. The minimum absolute atomic E-state index is 0.000591. The van der Waals surface area contributed by atoms with Crippen molar-refractivity contribution in [2.75, 3.05) is 37.7 Å². The van der Waals surface area contributed by atoms with Crippen LogP contribution >= 0.6 is 0 Å². The molecule has 4 aromatic rings. The lowest BCUT2D eigenvalue weighted by Crippen LogP contribution is -2.59. The second-order valence-corrected chi connectivity index (χ2v) is 15.0. The number of halogens is 6. The van der Waals surface area contributed by atoms with Crippen molar-refractivity contribution in [3.63, 3.8) is 0 Å². The Kier molecular flexibility index (Phi) is 8.67. The maximum atomic E-state index is 17.4. The SMILES string of the molecule is C#Cc1c(F)ccc2cc(O)cc(-c3nc(C=C(C)C)c4c(N5CC6CCC(C5)N6C(=O)C(F)(F)F)nc(OC[C@]56CCCN5C[C@@H](F)C6)nc4c3F)c12. The van der Waals surface area contributed by atoms with Gasteiger partial charge in [-0.2, -0.15) is 23.1 Å². The first kappa shape index (κ1) is 35.9. The zero-order chi connectivity index (χ0) is 38.3. The van der Waals surface area contributed by atoms with E-state index in [0.717, 1.165) is 23.0 Å². The van der Waals surface area contributed by atoms with Crippen LogP contribution in [0.1, 0.15) is 57.2 Å². The molecule has 6 heterocycles. The number of alkyl halides is 4. The van der Waals surface area contributed by atoms with Crippen LogP contribution in [0.15, 0.2) is 29.8 Å². The van der Waals surface area contributed by atoms with Crippen molar-refractivity contribution < 1.29 is 41.0 Å². The molecule has 2 unspecified atom stereocenters. The Morgan fingerprint density at radius 3 is 2.52 bits per heavy atom. The van der Waals surface area contributed by atoms with Crippen LogP contribution in [0.2, 0.25) is 0 Å². The number of piperazine rings is 1. The quantitative estimate of drug-likeness (QED) is 0.168. The minimum Gasteiger partial charge on any atom is -0.508 e. The van der Waals surface area contributed by atoms with E-state index in [4.69, 9.17) is 21.1 Å². The number of terminal acetylenes is 1. The third-order valence-corrected chi connectivity index (χ3v) is 11.1. The zero-order valence-corrected chi connectivity index (χ0v) is 29.5. The van der Waals surface area contributed by atoms with Gasteiger partial charge < -0.3 is 19.6 Å². The van der Waals surface area contributed by atoms with Crippen LogP contribution in [0.4, 0.5) is 32.2 Å². The third-order valence-electron chi connectivity index (χ3n) is 11.1. The number of hydrogen-bond acceptors (Lipinski definition) is 8. The number of aromatic hydroxyl groups is 1. The Hall–Kier alpha value is -5.10. The van der Waals surface area contributed by atoms with Crippen molar-refractivity contribution in [1.29, 1.82) is 0 Å². The fourth-order valence-electron chi connectivity index (χ4n) is 8.97. The summed E-state index contributed by atoms with van der Waals surface area (Å²) in [5.74, 6) is -1.39. The molecule has 15 heteroatoms. The fraction of sp³-hybridized carbons (Fsp3) is 0.436. The number of phenols is 1. The van der Waals surface area contributed by atoms with E-state index < -0.39 is 47.5 Å². The summed E-state index contributed by atoms with van der Waals surface area (Å²) in [7, 11) is 0. The normalized spacial score (nSPS) is 23.9. The van der Waals surface area contributed by atoms with Crippen LogP contribution in [0.5, 0.6) is 11.8 Å². The van der Waals surface area contributed by atoms with Crippen molar-refractivity contribution in [1.82, 2.24) is 24.8 Å². The van der Waals surface area contributed by atoms with E-state index in [0.29, 0.717) is 31.2 Å². The standard InChI is InChI=1S/C39H36F6N6O3/c1-4-26-28(41)9-6-21-13-25(52)14-27(30(21)26)33-32(42)34-31(29(46-33)12-20(2)3)35(49-17-23-7-8-24(18-49)51(23)36(53)39(43,44)45)48-37(47-34)54-19-38-10-5-11-50(38)16-22(40)15-38/h1,6,9,12-14,22-24,52H,5,7-8,10-11,15-19H2,2-3H3/t22-,23?,24?,38+/m0/s1. The Balaban J connectivity index is 1.33. The van der Waals surface area contributed by atoms with Gasteiger partial charge in [0.05, 0.1) is 34.3 Å². The van der Waals surface area contributed by atoms with Gasteiger partial charge >= 0.3 is 18.1 Å². The molecule has 4 atom stereocenters. The molecule has 4 fully saturated rings. The van der Waals surface area contributed by atoms with Crippen LogP contribution in [0.25, 0.3) is 39.0 Å². The number of rotatable bonds is 6. The first-order valence-corrected chi connectivity index (χ1v) is 17.8. The van der Waals surface area contributed by atoms with Crippen LogP contribution in [0.3, 0.4) is 0 Å². The topological polar surface area (TPSA) is 94.9 Å². The number of fused-ring (bicyclic) bond motifs is 5. The van der Waals surface area contributed by atoms with E-state index in [9.17, 15) is 27.5 Å². The highest BCUT2D eigenvalue weighted by Crippen LogP contribution is 2.44. The molecule has 282 valence electrons. The van der Waals surface area contributed by atoms with E-state index in [-0.39, 0.29) is 89.0 Å². The number of carbonyl (C=O) groups excluding carboxylic acids is 1. The van der Waals surface area contributed by atoms with Gasteiger partial charge in [0.25, 0.3) is 0 Å². The number of aromatic nitrogens is 3. The Morgan fingerprint density at radius 1 is 1.09 bits per heavy atom. The monoisotopic (exact) mass is 750 g/mol. The summed E-state index contributed by atoms with van der Waals surface area (Å²) in [5, 5.41) is 11.3. The second-order valence-electron chi connectivity index (χ2n) is 15.0. The van der Waals surface area contributed by atoms with Crippen molar-refractivity contribution in [3.05, 3.63) is 52.7 Å². The number of ether oxygens (including phenoxy) is 1. The number of carbonyl (C=O) groups is 1. The molecular weight excluding hydrogens is 714 g/mol. The maximum Gasteiger partial charge on any atom is 0.471 e. The molecule has 0 radical (unpaired) electrons. The van der Waals surface area contributed by atoms with E-state index in [1.807, 2.05) is 4.90 Å². The lowest BCUT2D eigenvalue weighted by molar-refractivity contribution is -0.188. The van der Waals surface area contributed by atoms with Gasteiger partial charge in [-0.1, -0.05) is 17.6 Å². The van der Waals surface area contributed by atoms with Crippen LogP contribution in [-0.4, -0.2) is 98.5 Å². The third kappa shape index (κ3) is 5.95. The zero-order valence-electron chi connectivity index (χ0n) is 29.5. The number of phenolic OH excluding ortho intramolecular Hbond substituents is 1. The fourth-order valence-corrected chi connectivity index (χ4v) is 8.97. The Bertz CT molecular complexity index is 2270.